The Hall–Kier alpha value is -3.89. The molecular weight excluding hydrogens is 810 g/mol. The summed E-state index contributed by atoms with van der Waals surface area (Å²) in [6.45, 7) is 10.3. The monoisotopic (exact) mass is 875 g/mol. The summed E-state index contributed by atoms with van der Waals surface area (Å²) >= 11 is 1.89. The molecule has 2 saturated heterocycles. The summed E-state index contributed by atoms with van der Waals surface area (Å²) < 4.78 is 32.5. The van der Waals surface area contributed by atoms with Crippen LogP contribution in [0.5, 0.6) is 11.5 Å². The second-order valence-electron chi connectivity index (χ2n) is 16.1. The molecule has 0 aromatic heterocycles. The van der Waals surface area contributed by atoms with Crippen LogP contribution in [-0.2, 0) is 24.2 Å². The molecular formula is C47H66N5O7PS. The number of ether oxygens (including phenoxy) is 3. The van der Waals surface area contributed by atoms with Crippen molar-refractivity contribution in [2.45, 2.75) is 121 Å². The van der Waals surface area contributed by atoms with Gasteiger partial charge in [-0.1, -0.05) is 73.9 Å². The number of fused-ring (bicyclic) bond motifs is 1. The van der Waals surface area contributed by atoms with Gasteiger partial charge in [0, 0.05) is 36.1 Å². The molecule has 2 N–H and O–H groups in total. The van der Waals surface area contributed by atoms with Crippen LogP contribution in [0.15, 0.2) is 78.9 Å². The Balaban J connectivity index is 1.06. The zero-order chi connectivity index (χ0) is 43.6. The maximum Gasteiger partial charge on any atom is 0.319 e. The fourth-order valence-corrected chi connectivity index (χ4v) is 11.4. The Morgan fingerprint density at radius 3 is 2.08 bits per heavy atom. The molecule has 2 heterocycles. The zero-order valence-corrected chi connectivity index (χ0v) is 38.6. The second-order valence-corrected chi connectivity index (χ2v) is 18.8. The summed E-state index contributed by atoms with van der Waals surface area (Å²) in [5.74, 6) is 2.40. The number of nitriles is 1. The minimum Gasteiger partial charge on any atom is -0.497 e. The molecule has 0 saturated carbocycles. The molecule has 61 heavy (non-hydrogen) atoms. The van der Waals surface area contributed by atoms with E-state index >= 15 is 0 Å². The van der Waals surface area contributed by atoms with E-state index in [2.05, 4.69) is 61.2 Å². The number of hydrogen-bond acceptors (Lipinski definition) is 10. The van der Waals surface area contributed by atoms with Crippen LogP contribution in [0.1, 0.15) is 102 Å². The lowest BCUT2D eigenvalue weighted by molar-refractivity contribution is -0.121. The normalized spacial score (nSPS) is 18.0. The summed E-state index contributed by atoms with van der Waals surface area (Å²) in [4.78, 5) is 28.1. The molecule has 0 spiro atoms. The largest absolute Gasteiger partial charge is 0.497 e. The fraction of sp³-hybridized carbons (Fsp3) is 0.553. The van der Waals surface area contributed by atoms with Crippen molar-refractivity contribution in [2.75, 3.05) is 46.5 Å². The van der Waals surface area contributed by atoms with Crippen molar-refractivity contribution >= 4 is 32.2 Å². The van der Waals surface area contributed by atoms with Crippen molar-refractivity contribution in [3.8, 4) is 17.6 Å². The molecule has 4 atom stereocenters. The van der Waals surface area contributed by atoms with Gasteiger partial charge in [-0.05, 0) is 94.3 Å². The molecule has 3 aromatic rings. The number of rotatable bonds is 27. The molecule has 332 valence electrons. The van der Waals surface area contributed by atoms with Crippen LogP contribution in [0.3, 0.4) is 0 Å². The molecule has 5 rings (SSSR count). The average Bonchev–Trinajstić information content (AvgIpc) is 3.81. The Morgan fingerprint density at radius 2 is 1.48 bits per heavy atom. The molecule has 1 unspecified atom stereocenters. The standard InChI is InChI=1S/C47H66N5O7PS/c1-35(2)52(36(3)4)60(59-32-16-29-48)58-31-15-8-7-14-30-49-44(53)20-13-12-19-43-45-42(33-61-43)51(46(54)50-45)34-57-47(37-17-10-9-11-18-37,38-21-25-40(55-5)26-22-38)39-23-27-41(56-6)28-24-39/h9-11,17-18,21-28,35-36,42-43,45H,7-8,12-16,19-20,30-34H2,1-6H3,(H,49,53)(H,50,54)/t42-,43-,45+,60?/m0/s1. The molecule has 12 nitrogen and oxygen atoms in total. The van der Waals surface area contributed by atoms with E-state index in [0.29, 0.717) is 32.6 Å². The van der Waals surface area contributed by atoms with Crippen LogP contribution in [0.4, 0.5) is 4.79 Å². The fourth-order valence-electron chi connectivity index (χ4n) is 8.17. The predicted molar refractivity (Wildman–Crippen MR) is 244 cm³/mol. The summed E-state index contributed by atoms with van der Waals surface area (Å²) in [6.07, 6.45) is 7.39. The van der Waals surface area contributed by atoms with Crippen LogP contribution >= 0.6 is 20.3 Å². The van der Waals surface area contributed by atoms with Crippen molar-refractivity contribution in [3.05, 3.63) is 95.6 Å². The van der Waals surface area contributed by atoms with Gasteiger partial charge in [-0.25, -0.2) is 9.46 Å². The summed E-state index contributed by atoms with van der Waals surface area (Å²) in [6, 6.07) is 28.5. The Bertz CT molecular complexity index is 1760. The molecule has 14 heteroatoms. The molecule has 0 radical (unpaired) electrons. The smallest absolute Gasteiger partial charge is 0.319 e. The Labute approximate surface area is 369 Å². The van der Waals surface area contributed by atoms with E-state index < -0.39 is 14.1 Å². The lowest BCUT2D eigenvalue weighted by Gasteiger charge is -2.37. The third-order valence-electron chi connectivity index (χ3n) is 11.2. The number of nitrogens with zero attached hydrogens (tertiary/aromatic N) is 3. The minimum atomic E-state index is -1.21. The van der Waals surface area contributed by atoms with Crippen molar-refractivity contribution in [1.82, 2.24) is 20.2 Å². The summed E-state index contributed by atoms with van der Waals surface area (Å²) in [5, 5.41) is 15.6. The molecule has 2 aliphatic heterocycles. The SMILES string of the molecule is COc1ccc(C(OCN2C(=O)N[C@H]3[C@H](CCCCC(=O)NCCCCCCOP(OCCC#N)N(C(C)C)C(C)C)SC[C@@H]32)(c2ccccc2)c2ccc(OC)cc2)cc1. The van der Waals surface area contributed by atoms with Crippen LogP contribution in [0.2, 0.25) is 0 Å². The number of amides is 3. The highest BCUT2D eigenvalue weighted by Gasteiger charge is 2.49. The van der Waals surface area contributed by atoms with E-state index in [1.165, 1.54) is 0 Å². The lowest BCUT2D eigenvalue weighted by atomic mass is 9.80. The lowest BCUT2D eigenvalue weighted by Crippen LogP contribution is -2.43. The third kappa shape index (κ3) is 13.1. The van der Waals surface area contributed by atoms with Crippen LogP contribution in [-0.4, -0.2) is 97.4 Å². The molecule has 3 aromatic carbocycles. The number of benzene rings is 3. The number of nitrogens with one attached hydrogen (secondary N) is 2. The van der Waals surface area contributed by atoms with Gasteiger partial charge in [0.25, 0.3) is 8.53 Å². The average molecular weight is 876 g/mol. The first-order valence-electron chi connectivity index (χ1n) is 21.8. The maximum absolute atomic E-state index is 13.6. The highest BCUT2D eigenvalue weighted by atomic mass is 32.2. The number of unbranched alkanes of at least 4 members (excludes halogenated alkanes) is 4. The van der Waals surface area contributed by atoms with Crippen molar-refractivity contribution in [3.63, 3.8) is 0 Å². The van der Waals surface area contributed by atoms with Crippen molar-refractivity contribution < 1.29 is 32.8 Å². The van der Waals surface area contributed by atoms with E-state index in [-0.39, 0.29) is 48.1 Å². The van der Waals surface area contributed by atoms with Gasteiger partial charge in [-0.2, -0.15) is 17.0 Å². The van der Waals surface area contributed by atoms with E-state index in [4.69, 9.17) is 28.5 Å². The maximum atomic E-state index is 13.6. The van der Waals surface area contributed by atoms with Crippen molar-refractivity contribution in [1.29, 1.82) is 5.26 Å². The quantitative estimate of drug-likeness (QED) is 0.0330. The first kappa shape index (κ1) is 48.1. The van der Waals surface area contributed by atoms with Gasteiger partial charge in [-0.3, -0.25) is 9.69 Å². The van der Waals surface area contributed by atoms with Gasteiger partial charge in [0.2, 0.25) is 5.91 Å². The molecule has 0 bridgehead atoms. The minimum absolute atomic E-state index is 0.00232. The number of methoxy groups -OCH3 is 2. The Morgan fingerprint density at radius 1 is 0.869 bits per heavy atom. The number of carbonyl (C=O) groups excluding carboxylic acids is 2. The van der Waals surface area contributed by atoms with Gasteiger partial charge >= 0.3 is 6.03 Å². The molecule has 2 aliphatic rings. The highest BCUT2D eigenvalue weighted by molar-refractivity contribution is 8.00. The highest BCUT2D eigenvalue weighted by Crippen LogP contribution is 2.46. The number of carbonyl (C=O) groups is 2. The van der Waals surface area contributed by atoms with Gasteiger partial charge in [0.15, 0.2) is 0 Å². The zero-order valence-electron chi connectivity index (χ0n) is 36.8. The first-order valence-corrected chi connectivity index (χ1v) is 24.0. The first-order chi connectivity index (χ1) is 29.6. The van der Waals surface area contributed by atoms with Gasteiger partial charge in [0.1, 0.15) is 23.8 Å². The molecule has 2 fully saturated rings. The topological polar surface area (TPSA) is 135 Å². The number of thioether (sulfide) groups is 1. The van der Waals surface area contributed by atoms with Crippen LogP contribution in [0.25, 0.3) is 0 Å². The van der Waals surface area contributed by atoms with E-state index in [9.17, 15) is 9.59 Å². The molecule has 3 amide bonds. The predicted octanol–water partition coefficient (Wildman–Crippen LogP) is 9.38. The van der Waals surface area contributed by atoms with Gasteiger partial charge in [-0.15, -0.1) is 0 Å². The number of hydrogen-bond donors (Lipinski definition) is 2. The van der Waals surface area contributed by atoms with Crippen LogP contribution in [0, 0.1) is 11.3 Å². The van der Waals surface area contributed by atoms with Gasteiger partial charge in [0.05, 0.1) is 52.0 Å². The van der Waals surface area contributed by atoms with E-state index in [0.717, 1.165) is 78.9 Å². The van der Waals surface area contributed by atoms with Gasteiger partial charge < -0.3 is 33.9 Å². The third-order valence-corrected chi connectivity index (χ3v) is 14.8. The van der Waals surface area contributed by atoms with E-state index in [1.54, 1.807) is 14.2 Å². The van der Waals surface area contributed by atoms with Crippen LogP contribution < -0.4 is 20.1 Å². The number of urea groups is 1. The summed E-state index contributed by atoms with van der Waals surface area (Å²) in [5.41, 5.74) is 1.74. The van der Waals surface area contributed by atoms with E-state index in [1.807, 2.05) is 83.4 Å². The Kier molecular flexibility index (Phi) is 19.5. The second kappa shape index (κ2) is 24.7. The molecule has 0 aliphatic carbocycles. The van der Waals surface area contributed by atoms with Crippen molar-refractivity contribution in [2.24, 2.45) is 0 Å². The summed E-state index contributed by atoms with van der Waals surface area (Å²) in [7, 11) is 2.09.